The van der Waals surface area contributed by atoms with Gasteiger partial charge in [0.1, 0.15) is 11.0 Å². The third kappa shape index (κ3) is 2.90. The van der Waals surface area contributed by atoms with Crippen LogP contribution in [-0.2, 0) is 9.84 Å². The molecule has 1 saturated carbocycles. The van der Waals surface area contributed by atoms with Gasteiger partial charge in [0, 0.05) is 20.3 Å². The fourth-order valence-electron chi connectivity index (χ4n) is 2.50. The number of amides is 1. The van der Waals surface area contributed by atoms with Gasteiger partial charge in [0.15, 0.2) is 15.5 Å². The fraction of sp³-hybridized carbons (Fsp3) is 0.500. The maximum atomic E-state index is 12.6. The summed E-state index contributed by atoms with van der Waals surface area (Å²) >= 11 is 0. The molecule has 112 valence electrons. The fourth-order valence-corrected chi connectivity index (χ4v) is 4.47. The molecule has 7 heteroatoms. The summed E-state index contributed by atoms with van der Waals surface area (Å²) < 4.78 is 25.3. The zero-order chi connectivity index (χ0) is 15.6. The molecule has 1 aliphatic carbocycles. The molecule has 0 spiro atoms. The Morgan fingerprint density at radius 3 is 2.52 bits per heavy atom. The first-order valence-electron chi connectivity index (χ1n) is 6.73. The molecule has 6 nitrogen and oxygen atoms in total. The highest BCUT2D eigenvalue weighted by molar-refractivity contribution is 7.92. The van der Waals surface area contributed by atoms with Crippen molar-refractivity contribution in [1.82, 2.24) is 9.88 Å². The van der Waals surface area contributed by atoms with Gasteiger partial charge < -0.3 is 4.90 Å². The van der Waals surface area contributed by atoms with Crippen LogP contribution in [0.3, 0.4) is 0 Å². The lowest BCUT2D eigenvalue weighted by atomic mass is 10.2. The number of carbonyl (C=O) groups excluding carboxylic acids is 1. The number of pyridine rings is 1. The summed E-state index contributed by atoms with van der Waals surface area (Å²) in [5.74, 6) is -0.338. The Labute approximate surface area is 124 Å². The van der Waals surface area contributed by atoms with Crippen molar-refractivity contribution in [3.8, 4) is 6.07 Å². The third-order valence-corrected chi connectivity index (χ3v) is 5.93. The van der Waals surface area contributed by atoms with Crippen molar-refractivity contribution in [3.05, 3.63) is 23.5 Å². The summed E-state index contributed by atoms with van der Waals surface area (Å²) in [6.07, 6.45) is 4.18. The molecule has 2 rings (SSSR count). The Kier molecular flexibility index (Phi) is 4.28. The summed E-state index contributed by atoms with van der Waals surface area (Å²) in [6.45, 7) is 0. The topological polar surface area (TPSA) is 91.1 Å². The van der Waals surface area contributed by atoms with Gasteiger partial charge in [-0.1, -0.05) is 12.8 Å². The van der Waals surface area contributed by atoms with E-state index in [1.54, 1.807) is 20.2 Å². The minimum absolute atomic E-state index is 0.121. The molecule has 0 N–H and O–H groups in total. The van der Waals surface area contributed by atoms with Gasteiger partial charge in [-0.3, -0.25) is 4.79 Å². The van der Waals surface area contributed by atoms with Gasteiger partial charge >= 0.3 is 0 Å². The number of rotatable bonds is 3. The van der Waals surface area contributed by atoms with Crippen LogP contribution in [0.25, 0.3) is 0 Å². The van der Waals surface area contributed by atoms with E-state index in [4.69, 9.17) is 5.26 Å². The maximum absolute atomic E-state index is 12.6. The molecular weight excluding hydrogens is 290 g/mol. The molecule has 0 radical (unpaired) electrons. The van der Waals surface area contributed by atoms with E-state index >= 15 is 0 Å². The van der Waals surface area contributed by atoms with Crippen LogP contribution in [0.1, 0.15) is 41.7 Å². The van der Waals surface area contributed by atoms with Gasteiger partial charge in [-0.25, -0.2) is 13.4 Å². The lowest BCUT2D eigenvalue weighted by Gasteiger charge is -2.14. The van der Waals surface area contributed by atoms with Gasteiger partial charge in [-0.2, -0.15) is 5.26 Å². The number of nitriles is 1. The highest BCUT2D eigenvalue weighted by Gasteiger charge is 2.33. The molecule has 1 aromatic heterocycles. The van der Waals surface area contributed by atoms with Crippen molar-refractivity contribution in [3.63, 3.8) is 0 Å². The molecule has 0 atom stereocenters. The third-order valence-electron chi connectivity index (χ3n) is 3.66. The molecule has 0 unspecified atom stereocenters. The van der Waals surface area contributed by atoms with Crippen LogP contribution in [0.4, 0.5) is 0 Å². The molecule has 1 amide bonds. The molecule has 0 bridgehead atoms. The predicted octanol–water partition coefficient (Wildman–Crippen LogP) is 1.37. The summed E-state index contributed by atoms with van der Waals surface area (Å²) in [7, 11) is -0.469. The van der Waals surface area contributed by atoms with E-state index in [1.165, 1.54) is 17.2 Å². The van der Waals surface area contributed by atoms with Crippen LogP contribution in [0.15, 0.2) is 17.2 Å². The largest absolute Gasteiger partial charge is 0.345 e. The summed E-state index contributed by atoms with van der Waals surface area (Å²) in [5, 5.41) is 8.62. The zero-order valence-corrected chi connectivity index (χ0v) is 12.9. The van der Waals surface area contributed by atoms with Crippen LogP contribution in [0.5, 0.6) is 0 Å². The van der Waals surface area contributed by atoms with Crippen molar-refractivity contribution in [2.45, 2.75) is 35.8 Å². The normalized spacial score (nSPS) is 15.7. The quantitative estimate of drug-likeness (QED) is 0.841. The average Bonchev–Trinajstić information content (AvgIpc) is 3.00. The summed E-state index contributed by atoms with van der Waals surface area (Å²) in [4.78, 5) is 17.0. The number of nitrogens with zero attached hydrogens (tertiary/aromatic N) is 3. The first kappa shape index (κ1) is 15.4. The Balaban J connectivity index is 2.53. The molecular formula is C14H17N3O3S. The number of sulfone groups is 1. The van der Waals surface area contributed by atoms with E-state index in [0.29, 0.717) is 12.8 Å². The van der Waals surface area contributed by atoms with Crippen molar-refractivity contribution >= 4 is 15.7 Å². The SMILES string of the molecule is CN(C)C(=O)c1cnc(C#N)c(S(=O)(=O)C2CCCC2)c1. The lowest BCUT2D eigenvalue weighted by Crippen LogP contribution is -2.24. The molecule has 1 fully saturated rings. The highest BCUT2D eigenvalue weighted by atomic mass is 32.2. The van der Waals surface area contributed by atoms with E-state index in [2.05, 4.69) is 4.98 Å². The molecule has 1 aliphatic rings. The lowest BCUT2D eigenvalue weighted by molar-refractivity contribution is 0.0827. The number of carbonyl (C=O) groups is 1. The Bertz CT molecular complexity index is 699. The van der Waals surface area contributed by atoms with Crippen molar-refractivity contribution in [2.75, 3.05) is 14.1 Å². The molecule has 21 heavy (non-hydrogen) atoms. The van der Waals surface area contributed by atoms with E-state index < -0.39 is 15.1 Å². The second kappa shape index (κ2) is 5.82. The van der Waals surface area contributed by atoms with Gasteiger partial charge in [0.2, 0.25) is 0 Å². The minimum atomic E-state index is -3.62. The van der Waals surface area contributed by atoms with Crippen LogP contribution in [-0.4, -0.2) is 43.6 Å². The number of hydrogen-bond acceptors (Lipinski definition) is 5. The van der Waals surface area contributed by atoms with E-state index in [1.807, 2.05) is 0 Å². The van der Waals surface area contributed by atoms with Crippen LogP contribution < -0.4 is 0 Å². The first-order chi connectivity index (χ1) is 9.87. The van der Waals surface area contributed by atoms with E-state index in [9.17, 15) is 13.2 Å². The Morgan fingerprint density at radius 1 is 1.38 bits per heavy atom. The number of hydrogen-bond donors (Lipinski definition) is 0. The molecule has 1 heterocycles. The first-order valence-corrected chi connectivity index (χ1v) is 8.28. The van der Waals surface area contributed by atoms with Gasteiger partial charge in [-0.15, -0.1) is 0 Å². The van der Waals surface area contributed by atoms with Crippen molar-refractivity contribution in [1.29, 1.82) is 5.26 Å². The van der Waals surface area contributed by atoms with Crippen molar-refractivity contribution in [2.24, 2.45) is 0 Å². The Hall–Kier alpha value is -1.94. The van der Waals surface area contributed by atoms with Crippen molar-refractivity contribution < 1.29 is 13.2 Å². The smallest absolute Gasteiger partial charge is 0.254 e. The average molecular weight is 307 g/mol. The monoisotopic (exact) mass is 307 g/mol. The van der Waals surface area contributed by atoms with Crippen LogP contribution in [0, 0.1) is 11.3 Å². The standard InChI is InChI=1S/C14H17N3O3S/c1-17(2)14(18)10-7-13(12(8-15)16-9-10)21(19,20)11-5-3-4-6-11/h7,9,11H,3-6H2,1-2H3. The molecule has 0 saturated heterocycles. The van der Waals surface area contributed by atoms with Crippen LogP contribution in [0.2, 0.25) is 0 Å². The van der Waals surface area contributed by atoms with E-state index in [0.717, 1.165) is 12.8 Å². The second-order valence-corrected chi connectivity index (χ2v) is 7.53. The predicted molar refractivity (Wildman–Crippen MR) is 76.4 cm³/mol. The molecule has 1 aromatic rings. The maximum Gasteiger partial charge on any atom is 0.254 e. The van der Waals surface area contributed by atoms with Gasteiger partial charge in [-0.05, 0) is 18.9 Å². The van der Waals surface area contributed by atoms with Gasteiger partial charge in [0.25, 0.3) is 5.91 Å². The number of aromatic nitrogens is 1. The van der Waals surface area contributed by atoms with Gasteiger partial charge in [0.05, 0.1) is 10.8 Å². The minimum Gasteiger partial charge on any atom is -0.345 e. The summed E-state index contributed by atoms with van der Waals surface area (Å²) in [6, 6.07) is 3.08. The second-order valence-electron chi connectivity index (χ2n) is 5.33. The summed E-state index contributed by atoms with van der Waals surface area (Å²) in [5.41, 5.74) is 0.0350. The highest BCUT2D eigenvalue weighted by Crippen LogP contribution is 2.31. The Morgan fingerprint density at radius 2 is 2.00 bits per heavy atom. The van der Waals surface area contributed by atoms with Crippen LogP contribution >= 0.6 is 0 Å². The molecule has 0 aliphatic heterocycles. The van der Waals surface area contributed by atoms with E-state index in [-0.39, 0.29) is 22.1 Å². The molecule has 0 aromatic carbocycles. The zero-order valence-electron chi connectivity index (χ0n) is 12.0.